The third-order valence-electron chi connectivity index (χ3n) is 3.30. The summed E-state index contributed by atoms with van der Waals surface area (Å²) in [6.45, 7) is 2.16. The largest absolute Gasteiger partial charge is 0.368 e. The quantitative estimate of drug-likeness (QED) is 0.616. The van der Waals surface area contributed by atoms with Crippen molar-refractivity contribution in [1.82, 2.24) is 10.2 Å². The van der Waals surface area contributed by atoms with Gasteiger partial charge >= 0.3 is 0 Å². The van der Waals surface area contributed by atoms with Gasteiger partial charge < -0.3 is 11.1 Å². The molecule has 1 aliphatic rings. The third kappa shape index (κ3) is 3.33. The maximum atomic E-state index is 11.4. The molecule has 2 rings (SSSR count). The second-order valence-electron chi connectivity index (χ2n) is 4.62. The fraction of sp³-hybridized carbons (Fsp3) is 0.417. The lowest BCUT2D eigenvalue weighted by atomic mass is 10.1. The lowest BCUT2D eigenvalue weighted by molar-refractivity contribution is -0.385. The number of hydrogen-bond acceptors (Lipinski definition) is 5. The normalized spacial score (nSPS) is 19.8. The molecule has 1 atom stereocenters. The van der Waals surface area contributed by atoms with E-state index in [4.69, 9.17) is 5.73 Å². The molecule has 1 aromatic rings. The summed E-state index contributed by atoms with van der Waals surface area (Å²) in [7, 11) is 0. The second-order valence-corrected chi connectivity index (χ2v) is 5.54. The van der Waals surface area contributed by atoms with Crippen molar-refractivity contribution < 1.29 is 9.72 Å². The Morgan fingerprint density at radius 2 is 2.35 bits per heavy atom. The Morgan fingerprint density at radius 1 is 1.60 bits per heavy atom. The van der Waals surface area contributed by atoms with Crippen molar-refractivity contribution in [3.05, 3.63) is 38.3 Å². The number of nitro groups is 1. The van der Waals surface area contributed by atoms with E-state index in [2.05, 4.69) is 21.2 Å². The number of primary amides is 1. The van der Waals surface area contributed by atoms with Crippen LogP contribution < -0.4 is 11.1 Å². The van der Waals surface area contributed by atoms with E-state index in [1.165, 1.54) is 6.07 Å². The Morgan fingerprint density at radius 3 is 3.00 bits per heavy atom. The van der Waals surface area contributed by atoms with Gasteiger partial charge in [0.1, 0.15) is 6.04 Å². The number of piperazine rings is 1. The van der Waals surface area contributed by atoms with E-state index < -0.39 is 16.9 Å². The molecule has 7 nitrogen and oxygen atoms in total. The van der Waals surface area contributed by atoms with Gasteiger partial charge in [-0.2, -0.15) is 0 Å². The number of amides is 1. The minimum atomic E-state index is -0.438. The summed E-state index contributed by atoms with van der Waals surface area (Å²) in [6.07, 6.45) is 0. The van der Waals surface area contributed by atoms with Crippen molar-refractivity contribution in [2.75, 3.05) is 19.6 Å². The Labute approximate surface area is 124 Å². The maximum absolute atomic E-state index is 11.4. The van der Waals surface area contributed by atoms with Crippen LogP contribution in [0.25, 0.3) is 0 Å². The van der Waals surface area contributed by atoms with Crippen LogP contribution in [0.5, 0.6) is 0 Å². The number of carbonyl (C=O) groups is 1. The van der Waals surface area contributed by atoms with Gasteiger partial charge in [0, 0.05) is 42.3 Å². The Hall–Kier alpha value is -1.51. The van der Waals surface area contributed by atoms with E-state index in [9.17, 15) is 14.9 Å². The molecule has 0 aliphatic carbocycles. The molecule has 3 N–H and O–H groups in total. The summed E-state index contributed by atoms with van der Waals surface area (Å²) in [5.41, 5.74) is 5.99. The Balaban J connectivity index is 2.24. The summed E-state index contributed by atoms with van der Waals surface area (Å²) in [6, 6.07) is 4.48. The molecule has 0 aromatic heterocycles. The molecule has 0 spiro atoms. The zero-order chi connectivity index (χ0) is 14.7. The van der Waals surface area contributed by atoms with Crippen LogP contribution in [0.1, 0.15) is 5.56 Å². The summed E-state index contributed by atoms with van der Waals surface area (Å²) < 4.78 is 0.653. The second kappa shape index (κ2) is 6.29. The standard InChI is InChI=1S/C12H15BrN4O3/c13-9-2-1-8(10(5-9)17(19)20)7-16-4-3-15-6-11(16)12(14)18/h1-2,5,11,15H,3-4,6-7H2,(H2,14,18). The summed E-state index contributed by atoms with van der Waals surface area (Å²) >= 11 is 3.22. The number of nitrogens with zero attached hydrogens (tertiary/aromatic N) is 2. The molecular weight excluding hydrogens is 328 g/mol. The zero-order valence-corrected chi connectivity index (χ0v) is 12.3. The van der Waals surface area contributed by atoms with Crippen LogP contribution in [-0.2, 0) is 11.3 Å². The Bertz CT molecular complexity index is 537. The Kier molecular flexibility index (Phi) is 4.69. The number of rotatable bonds is 4. The summed E-state index contributed by atoms with van der Waals surface area (Å²) in [5.74, 6) is -0.419. The smallest absolute Gasteiger partial charge is 0.275 e. The van der Waals surface area contributed by atoms with Crippen LogP contribution >= 0.6 is 15.9 Å². The molecule has 1 fully saturated rings. The van der Waals surface area contributed by atoms with Gasteiger partial charge in [-0.15, -0.1) is 0 Å². The van der Waals surface area contributed by atoms with Gasteiger partial charge in [-0.25, -0.2) is 0 Å². The summed E-state index contributed by atoms with van der Waals surface area (Å²) in [4.78, 5) is 24.0. The first-order chi connectivity index (χ1) is 9.49. The van der Waals surface area contributed by atoms with Gasteiger partial charge in [-0.05, 0) is 12.1 Å². The lowest BCUT2D eigenvalue weighted by Crippen LogP contribution is -2.56. The van der Waals surface area contributed by atoms with Crippen LogP contribution in [-0.4, -0.2) is 41.4 Å². The topological polar surface area (TPSA) is 102 Å². The van der Waals surface area contributed by atoms with Crippen molar-refractivity contribution in [3.63, 3.8) is 0 Å². The average molecular weight is 343 g/mol. The molecule has 0 saturated carbocycles. The predicted octanol–water partition coefficient (Wildman–Crippen LogP) is 0.616. The first kappa shape index (κ1) is 14.9. The van der Waals surface area contributed by atoms with Crippen molar-refractivity contribution >= 4 is 27.5 Å². The molecule has 1 heterocycles. The summed E-state index contributed by atoms with van der Waals surface area (Å²) in [5, 5.41) is 14.2. The van der Waals surface area contributed by atoms with Crippen molar-refractivity contribution in [3.8, 4) is 0 Å². The molecule has 0 radical (unpaired) electrons. The predicted molar refractivity (Wildman–Crippen MR) is 77.1 cm³/mol. The zero-order valence-electron chi connectivity index (χ0n) is 10.7. The molecule has 1 aromatic carbocycles. The fourth-order valence-corrected chi connectivity index (χ4v) is 2.62. The minimum absolute atomic E-state index is 0.0427. The van der Waals surface area contributed by atoms with Crippen molar-refractivity contribution in [2.45, 2.75) is 12.6 Å². The number of nitro benzene ring substituents is 1. The highest BCUT2D eigenvalue weighted by Gasteiger charge is 2.28. The monoisotopic (exact) mass is 342 g/mol. The SMILES string of the molecule is NC(=O)C1CNCCN1Cc1ccc(Br)cc1[N+](=O)[O-]. The van der Waals surface area contributed by atoms with E-state index in [1.54, 1.807) is 12.1 Å². The number of benzene rings is 1. The van der Waals surface area contributed by atoms with Crippen LogP contribution in [0.15, 0.2) is 22.7 Å². The van der Waals surface area contributed by atoms with Crippen LogP contribution in [0.4, 0.5) is 5.69 Å². The van der Waals surface area contributed by atoms with E-state index in [0.717, 1.165) is 6.54 Å². The van der Waals surface area contributed by atoms with Gasteiger partial charge in [0.25, 0.3) is 5.69 Å². The molecule has 20 heavy (non-hydrogen) atoms. The molecule has 1 amide bonds. The van der Waals surface area contributed by atoms with Crippen LogP contribution in [0.2, 0.25) is 0 Å². The average Bonchev–Trinajstić information content (AvgIpc) is 2.41. The van der Waals surface area contributed by atoms with E-state index in [0.29, 0.717) is 29.7 Å². The van der Waals surface area contributed by atoms with Crippen LogP contribution in [0, 0.1) is 10.1 Å². The number of nitrogens with two attached hydrogens (primary N) is 1. The number of nitrogens with one attached hydrogen (secondary N) is 1. The van der Waals surface area contributed by atoms with E-state index >= 15 is 0 Å². The lowest BCUT2D eigenvalue weighted by Gasteiger charge is -2.33. The number of carbonyl (C=O) groups excluding carboxylic acids is 1. The van der Waals surface area contributed by atoms with Gasteiger partial charge in [-0.1, -0.05) is 15.9 Å². The van der Waals surface area contributed by atoms with E-state index in [-0.39, 0.29) is 5.69 Å². The first-order valence-corrected chi connectivity index (χ1v) is 6.95. The highest BCUT2D eigenvalue weighted by molar-refractivity contribution is 9.10. The van der Waals surface area contributed by atoms with Gasteiger partial charge in [0.05, 0.1) is 4.92 Å². The van der Waals surface area contributed by atoms with Crippen molar-refractivity contribution in [1.29, 1.82) is 0 Å². The first-order valence-electron chi connectivity index (χ1n) is 6.16. The van der Waals surface area contributed by atoms with Crippen molar-refractivity contribution in [2.24, 2.45) is 5.73 Å². The minimum Gasteiger partial charge on any atom is -0.368 e. The van der Waals surface area contributed by atoms with Crippen LogP contribution in [0.3, 0.4) is 0 Å². The fourth-order valence-electron chi connectivity index (χ4n) is 2.28. The van der Waals surface area contributed by atoms with E-state index in [1.807, 2.05) is 4.90 Å². The highest BCUT2D eigenvalue weighted by atomic mass is 79.9. The molecule has 1 saturated heterocycles. The van der Waals surface area contributed by atoms with Gasteiger partial charge in [0.2, 0.25) is 5.91 Å². The molecule has 1 unspecified atom stereocenters. The molecule has 0 bridgehead atoms. The third-order valence-corrected chi connectivity index (χ3v) is 3.79. The highest BCUT2D eigenvalue weighted by Crippen LogP contribution is 2.25. The molecular formula is C12H15BrN4O3. The molecule has 108 valence electrons. The molecule has 1 aliphatic heterocycles. The van der Waals surface area contributed by atoms with Gasteiger partial charge in [0.15, 0.2) is 0 Å². The van der Waals surface area contributed by atoms with Gasteiger partial charge in [-0.3, -0.25) is 19.8 Å². The molecule has 8 heteroatoms. The number of halogens is 1. The number of hydrogen-bond donors (Lipinski definition) is 2. The maximum Gasteiger partial charge on any atom is 0.275 e.